The Labute approximate surface area is 158 Å². The number of rotatable bonds is 5. The van der Waals surface area contributed by atoms with Gasteiger partial charge in [-0.2, -0.15) is 0 Å². The summed E-state index contributed by atoms with van der Waals surface area (Å²) in [7, 11) is -4.09. The SMILES string of the molecule is O=c1[nH]cnc2c1ncn2[C@@H]1O[C@H](COP(=O)(O)N2CCOCC2)C(O)C1O. The van der Waals surface area contributed by atoms with Gasteiger partial charge in [-0.1, -0.05) is 0 Å². The Bertz CT molecular complexity index is 943. The summed E-state index contributed by atoms with van der Waals surface area (Å²) < 4.78 is 30.9. The Balaban J connectivity index is 1.48. The molecule has 14 heteroatoms. The van der Waals surface area contributed by atoms with Crippen molar-refractivity contribution in [3.05, 3.63) is 23.0 Å². The van der Waals surface area contributed by atoms with Gasteiger partial charge >= 0.3 is 7.75 Å². The number of aliphatic hydroxyl groups is 2. The summed E-state index contributed by atoms with van der Waals surface area (Å²) >= 11 is 0. The van der Waals surface area contributed by atoms with Crippen LogP contribution >= 0.6 is 7.75 Å². The highest BCUT2D eigenvalue weighted by Gasteiger charge is 2.45. The van der Waals surface area contributed by atoms with Crippen LogP contribution in [0.4, 0.5) is 0 Å². The minimum atomic E-state index is -4.09. The van der Waals surface area contributed by atoms with Crippen molar-refractivity contribution in [1.29, 1.82) is 0 Å². The van der Waals surface area contributed by atoms with Crippen molar-refractivity contribution in [3.8, 4) is 0 Å². The fourth-order valence-corrected chi connectivity index (χ4v) is 4.38. The number of aromatic nitrogens is 4. The van der Waals surface area contributed by atoms with Crippen molar-refractivity contribution < 1.29 is 33.7 Å². The Morgan fingerprint density at radius 3 is 2.79 bits per heavy atom. The number of hydrogen-bond donors (Lipinski definition) is 4. The molecule has 0 aromatic carbocycles. The van der Waals surface area contributed by atoms with Gasteiger partial charge in [0.15, 0.2) is 17.4 Å². The molecule has 2 aromatic rings. The maximum Gasteiger partial charge on any atom is 0.405 e. The number of imidazole rings is 1. The van der Waals surface area contributed by atoms with Gasteiger partial charge in [-0.3, -0.25) is 13.9 Å². The third-order valence-corrected chi connectivity index (χ3v) is 6.33. The summed E-state index contributed by atoms with van der Waals surface area (Å²) in [5, 5.41) is 20.6. The van der Waals surface area contributed by atoms with E-state index in [1.807, 2.05) is 0 Å². The van der Waals surface area contributed by atoms with E-state index in [1.165, 1.54) is 21.9 Å². The van der Waals surface area contributed by atoms with Crippen LogP contribution in [-0.4, -0.2) is 90.5 Å². The summed E-state index contributed by atoms with van der Waals surface area (Å²) in [5.74, 6) is 0. The topological polar surface area (TPSA) is 172 Å². The third kappa shape index (κ3) is 3.51. The first kappa shape index (κ1) is 19.6. The maximum atomic E-state index is 12.4. The van der Waals surface area contributed by atoms with E-state index in [-0.39, 0.29) is 24.3 Å². The van der Waals surface area contributed by atoms with Crippen molar-refractivity contribution >= 4 is 18.9 Å². The van der Waals surface area contributed by atoms with Gasteiger partial charge in [-0.05, 0) is 0 Å². The molecule has 0 bridgehead atoms. The molecule has 0 saturated carbocycles. The van der Waals surface area contributed by atoms with Crippen LogP contribution in [0.3, 0.4) is 0 Å². The lowest BCUT2D eigenvalue weighted by Gasteiger charge is -2.30. The van der Waals surface area contributed by atoms with Gasteiger partial charge in [-0.25, -0.2) is 19.2 Å². The summed E-state index contributed by atoms with van der Waals surface area (Å²) in [5.41, 5.74) is -0.231. The largest absolute Gasteiger partial charge is 0.405 e. The lowest BCUT2D eigenvalue weighted by atomic mass is 10.1. The van der Waals surface area contributed by atoms with Gasteiger partial charge in [-0.15, -0.1) is 0 Å². The van der Waals surface area contributed by atoms with Crippen molar-refractivity contribution in [3.63, 3.8) is 0 Å². The summed E-state index contributed by atoms with van der Waals surface area (Å²) in [4.78, 5) is 32.2. The van der Waals surface area contributed by atoms with Crippen molar-refractivity contribution in [2.45, 2.75) is 24.5 Å². The minimum Gasteiger partial charge on any atom is -0.387 e. The smallest absolute Gasteiger partial charge is 0.387 e. The Morgan fingerprint density at radius 1 is 1.29 bits per heavy atom. The summed E-state index contributed by atoms with van der Waals surface area (Å²) in [6, 6.07) is 0. The summed E-state index contributed by atoms with van der Waals surface area (Å²) in [6.45, 7) is 0.706. The third-order valence-electron chi connectivity index (χ3n) is 4.73. The van der Waals surface area contributed by atoms with Crippen LogP contribution in [-0.2, 0) is 18.6 Å². The van der Waals surface area contributed by atoms with Gasteiger partial charge < -0.3 is 29.6 Å². The molecular weight excluding hydrogens is 397 g/mol. The van der Waals surface area contributed by atoms with Crippen LogP contribution in [0.1, 0.15) is 6.23 Å². The summed E-state index contributed by atoms with van der Waals surface area (Å²) in [6.07, 6.45) is -2.47. The quantitative estimate of drug-likeness (QED) is 0.404. The zero-order chi connectivity index (χ0) is 19.9. The highest BCUT2D eigenvalue weighted by Crippen LogP contribution is 2.47. The van der Waals surface area contributed by atoms with Crippen LogP contribution in [0.5, 0.6) is 0 Å². The number of hydrogen-bond acceptors (Lipinski definition) is 9. The van der Waals surface area contributed by atoms with Gasteiger partial charge in [0.25, 0.3) is 5.56 Å². The molecule has 13 nitrogen and oxygen atoms in total. The first-order valence-corrected chi connectivity index (χ1v) is 10.1. The van der Waals surface area contributed by atoms with Crippen molar-refractivity contribution in [2.24, 2.45) is 0 Å². The first-order valence-electron chi connectivity index (χ1n) is 8.61. The number of H-pyrrole nitrogens is 1. The lowest BCUT2D eigenvalue weighted by Crippen LogP contribution is -2.36. The standard InChI is InChI=1S/C14H20N5O8P/c20-10-8(5-26-28(23,24)18-1-3-25-4-2-18)27-14(11(10)21)19-7-17-9-12(19)15-6-16-13(9)22/h6-8,10-11,14,20-21H,1-5H2,(H,23,24)(H,15,16,22)/t8-,10?,11?,14-/m1/s1. The van der Waals surface area contributed by atoms with E-state index >= 15 is 0 Å². The van der Waals surface area contributed by atoms with Gasteiger partial charge in [0.05, 0.1) is 32.5 Å². The molecule has 4 rings (SSSR count). The molecule has 0 aliphatic carbocycles. The maximum absolute atomic E-state index is 12.4. The number of aromatic amines is 1. The average molecular weight is 417 g/mol. The number of nitrogens with one attached hydrogen (secondary N) is 1. The Hall–Kier alpha value is -1.70. The molecule has 28 heavy (non-hydrogen) atoms. The second kappa shape index (κ2) is 7.61. The van der Waals surface area contributed by atoms with Crippen LogP contribution in [0, 0.1) is 0 Å². The molecule has 5 atom stereocenters. The molecule has 0 amide bonds. The molecule has 2 saturated heterocycles. The molecule has 2 aliphatic heterocycles. The van der Waals surface area contributed by atoms with Gasteiger partial charge in [0.1, 0.15) is 18.3 Å². The van der Waals surface area contributed by atoms with Crippen LogP contribution < -0.4 is 5.56 Å². The van der Waals surface area contributed by atoms with Crippen molar-refractivity contribution in [2.75, 3.05) is 32.9 Å². The second-order valence-corrected chi connectivity index (χ2v) is 8.26. The molecule has 0 spiro atoms. The molecule has 4 heterocycles. The van der Waals surface area contributed by atoms with Crippen LogP contribution in [0.15, 0.2) is 17.4 Å². The molecule has 0 radical (unpaired) electrons. The number of fused-ring (bicyclic) bond motifs is 1. The molecule has 2 fully saturated rings. The van der Waals surface area contributed by atoms with Crippen LogP contribution in [0.25, 0.3) is 11.2 Å². The molecule has 2 aliphatic rings. The predicted octanol–water partition coefficient (Wildman–Crippen LogP) is -1.81. The minimum absolute atomic E-state index is 0.0552. The molecular formula is C14H20N5O8P. The van der Waals surface area contributed by atoms with E-state index < -0.39 is 44.5 Å². The first-order chi connectivity index (χ1) is 13.4. The van der Waals surface area contributed by atoms with E-state index in [0.29, 0.717) is 13.2 Å². The van der Waals surface area contributed by atoms with Gasteiger partial charge in [0, 0.05) is 13.1 Å². The fraction of sp³-hybridized carbons (Fsp3) is 0.643. The van der Waals surface area contributed by atoms with E-state index in [4.69, 9.17) is 14.0 Å². The number of ether oxygens (including phenoxy) is 2. The van der Waals surface area contributed by atoms with Crippen LogP contribution in [0.2, 0.25) is 0 Å². The number of nitrogens with zero attached hydrogens (tertiary/aromatic N) is 4. The number of morpholine rings is 1. The molecule has 4 N–H and O–H groups in total. The predicted molar refractivity (Wildman–Crippen MR) is 92.2 cm³/mol. The molecule has 3 unspecified atom stereocenters. The average Bonchev–Trinajstić information content (AvgIpc) is 3.24. The van der Waals surface area contributed by atoms with E-state index in [2.05, 4.69) is 15.0 Å². The second-order valence-electron chi connectivity index (χ2n) is 6.45. The van der Waals surface area contributed by atoms with E-state index in [9.17, 15) is 24.5 Å². The Kier molecular flexibility index (Phi) is 5.33. The van der Waals surface area contributed by atoms with E-state index in [1.54, 1.807) is 0 Å². The van der Waals surface area contributed by atoms with E-state index in [0.717, 1.165) is 0 Å². The highest BCUT2D eigenvalue weighted by molar-refractivity contribution is 7.50. The zero-order valence-electron chi connectivity index (χ0n) is 14.6. The van der Waals surface area contributed by atoms with Gasteiger partial charge in [0.2, 0.25) is 0 Å². The lowest BCUT2D eigenvalue weighted by molar-refractivity contribution is -0.0507. The molecule has 2 aromatic heterocycles. The molecule has 154 valence electrons. The van der Waals surface area contributed by atoms with Crippen molar-refractivity contribution in [1.82, 2.24) is 24.2 Å². The Morgan fingerprint density at radius 2 is 2.04 bits per heavy atom. The zero-order valence-corrected chi connectivity index (χ0v) is 15.5. The number of aliphatic hydroxyl groups excluding tert-OH is 2. The monoisotopic (exact) mass is 417 g/mol. The highest BCUT2D eigenvalue weighted by atomic mass is 31.2. The fourth-order valence-electron chi connectivity index (χ4n) is 3.20. The normalized spacial score (nSPS) is 31.2.